The second-order valence-corrected chi connectivity index (χ2v) is 9.07. The number of ether oxygens (including phenoxy) is 1. The standard InChI is InChI=1S/C21H38N6O2/c1-8-22-19(27-10-9-16(14-27)17-11-24-26(7)13-17)23-12-18(15(2)3)25-20(28)29-21(4,5)6/h11,13,15-16,18H,8-10,12,14H2,1-7H3,(H,22,23)(H,25,28). The van der Waals surface area contributed by atoms with Gasteiger partial charge in [-0.05, 0) is 45.6 Å². The molecule has 0 spiro atoms. The monoisotopic (exact) mass is 406 g/mol. The van der Waals surface area contributed by atoms with E-state index in [2.05, 4.69) is 47.6 Å². The van der Waals surface area contributed by atoms with Gasteiger partial charge in [-0.25, -0.2) is 4.79 Å². The second kappa shape index (κ2) is 9.98. The zero-order valence-electron chi connectivity index (χ0n) is 19.0. The van der Waals surface area contributed by atoms with Crippen LogP contribution in [0, 0.1) is 5.92 Å². The smallest absolute Gasteiger partial charge is 0.407 e. The Kier molecular flexibility index (Phi) is 7.93. The number of hydrogen-bond donors (Lipinski definition) is 2. The number of nitrogens with one attached hydrogen (secondary N) is 2. The Labute approximate surface area is 175 Å². The number of alkyl carbamates (subject to hydrolysis) is 1. The number of carbonyl (C=O) groups is 1. The van der Waals surface area contributed by atoms with E-state index in [4.69, 9.17) is 9.73 Å². The first-order valence-corrected chi connectivity index (χ1v) is 10.6. The molecule has 0 aromatic carbocycles. The molecule has 164 valence electrons. The lowest BCUT2D eigenvalue weighted by molar-refractivity contribution is 0.0493. The molecule has 1 aromatic heterocycles. The summed E-state index contributed by atoms with van der Waals surface area (Å²) in [6, 6.07) is -0.0878. The fourth-order valence-corrected chi connectivity index (χ4v) is 3.37. The van der Waals surface area contributed by atoms with Crippen LogP contribution in [0.3, 0.4) is 0 Å². The number of guanidine groups is 1. The van der Waals surface area contributed by atoms with Crippen LogP contribution in [0.4, 0.5) is 4.79 Å². The zero-order valence-corrected chi connectivity index (χ0v) is 19.0. The molecule has 1 aromatic rings. The van der Waals surface area contributed by atoms with Gasteiger partial charge in [0.05, 0.1) is 18.8 Å². The van der Waals surface area contributed by atoms with Crippen LogP contribution in [0.25, 0.3) is 0 Å². The van der Waals surface area contributed by atoms with Crippen molar-refractivity contribution in [1.82, 2.24) is 25.3 Å². The molecule has 0 radical (unpaired) electrons. The maximum Gasteiger partial charge on any atom is 0.407 e. The molecule has 0 saturated carbocycles. The van der Waals surface area contributed by atoms with Crippen molar-refractivity contribution < 1.29 is 9.53 Å². The highest BCUT2D eigenvalue weighted by atomic mass is 16.6. The van der Waals surface area contributed by atoms with Crippen LogP contribution in [0.1, 0.15) is 59.4 Å². The van der Waals surface area contributed by atoms with E-state index in [0.29, 0.717) is 12.5 Å². The van der Waals surface area contributed by atoms with Gasteiger partial charge in [-0.3, -0.25) is 9.67 Å². The third kappa shape index (κ3) is 7.25. The molecule has 8 nitrogen and oxygen atoms in total. The minimum atomic E-state index is -0.513. The predicted octanol–water partition coefficient (Wildman–Crippen LogP) is 2.72. The zero-order chi connectivity index (χ0) is 21.6. The number of likely N-dealkylation sites (tertiary alicyclic amines) is 1. The molecule has 2 atom stereocenters. The molecule has 0 aliphatic carbocycles. The molecule has 1 amide bonds. The third-order valence-corrected chi connectivity index (χ3v) is 4.96. The van der Waals surface area contributed by atoms with E-state index >= 15 is 0 Å². The minimum Gasteiger partial charge on any atom is -0.444 e. The van der Waals surface area contributed by atoms with Crippen molar-refractivity contribution in [3.63, 3.8) is 0 Å². The van der Waals surface area contributed by atoms with Crippen LogP contribution in [-0.2, 0) is 11.8 Å². The first kappa shape index (κ1) is 23.0. The van der Waals surface area contributed by atoms with Gasteiger partial charge >= 0.3 is 6.09 Å². The third-order valence-electron chi connectivity index (χ3n) is 4.96. The predicted molar refractivity (Wildman–Crippen MR) is 116 cm³/mol. The lowest BCUT2D eigenvalue weighted by Gasteiger charge is -2.26. The molecule has 1 aliphatic rings. The lowest BCUT2D eigenvalue weighted by atomic mass is 10.0. The molecule has 1 fully saturated rings. The molecule has 1 saturated heterocycles. The van der Waals surface area contributed by atoms with E-state index in [1.54, 1.807) is 0 Å². The van der Waals surface area contributed by atoms with Crippen LogP contribution in [-0.4, -0.2) is 64.6 Å². The molecule has 2 unspecified atom stereocenters. The number of nitrogens with zero attached hydrogens (tertiary/aromatic N) is 4. The van der Waals surface area contributed by atoms with Gasteiger partial charge in [-0.15, -0.1) is 0 Å². The lowest BCUT2D eigenvalue weighted by Crippen LogP contribution is -2.45. The van der Waals surface area contributed by atoms with Crippen molar-refractivity contribution in [2.75, 3.05) is 26.2 Å². The minimum absolute atomic E-state index is 0.0878. The molecule has 2 rings (SSSR count). The van der Waals surface area contributed by atoms with Gasteiger partial charge in [0.25, 0.3) is 0 Å². The van der Waals surface area contributed by atoms with Gasteiger partial charge in [0, 0.05) is 38.8 Å². The summed E-state index contributed by atoms with van der Waals surface area (Å²) >= 11 is 0. The van der Waals surface area contributed by atoms with Crippen LogP contribution < -0.4 is 10.6 Å². The maximum absolute atomic E-state index is 12.2. The molecular weight excluding hydrogens is 368 g/mol. The van der Waals surface area contributed by atoms with Crippen molar-refractivity contribution in [2.45, 2.75) is 65.5 Å². The van der Waals surface area contributed by atoms with Crippen molar-refractivity contribution >= 4 is 12.1 Å². The maximum atomic E-state index is 12.2. The quantitative estimate of drug-likeness (QED) is 0.561. The van der Waals surface area contributed by atoms with Crippen LogP contribution in [0.15, 0.2) is 17.4 Å². The van der Waals surface area contributed by atoms with Crippen LogP contribution in [0.2, 0.25) is 0 Å². The molecule has 0 bridgehead atoms. The largest absolute Gasteiger partial charge is 0.444 e. The molecule has 8 heteroatoms. The van der Waals surface area contributed by atoms with Gasteiger partial charge < -0.3 is 20.3 Å². The van der Waals surface area contributed by atoms with Gasteiger partial charge in [0.2, 0.25) is 0 Å². The summed E-state index contributed by atoms with van der Waals surface area (Å²) in [5.74, 6) is 1.61. The number of carbonyl (C=O) groups excluding carboxylic acids is 1. The highest BCUT2D eigenvalue weighted by Gasteiger charge is 2.27. The van der Waals surface area contributed by atoms with E-state index in [-0.39, 0.29) is 12.0 Å². The number of aliphatic imine (C=N–C) groups is 1. The van der Waals surface area contributed by atoms with Gasteiger partial charge in [-0.1, -0.05) is 13.8 Å². The molecular formula is C21H38N6O2. The fourth-order valence-electron chi connectivity index (χ4n) is 3.37. The number of hydrogen-bond acceptors (Lipinski definition) is 4. The van der Waals surface area contributed by atoms with Gasteiger partial charge in [0.1, 0.15) is 5.60 Å². The summed E-state index contributed by atoms with van der Waals surface area (Å²) in [5.41, 5.74) is 0.762. The topological polar surface area (TPSA) is 83.8 Å². The van der Waals surface area contributed by atoms with E-state index in [1.165, 1.54) is 5.56 Å². The molecule has 1 aliphatic heterocycles. The van der Waals surface area contributed by atoms with Crippen molar-refractivity contribution in [3.05, 3.63) is 18.0 Å². The highest BCUT2D eigenvalue weighted by Crippen LogP contribution is 2.26. The summed E-state index contributed by atoms with van der Waals surface area (Å²) in [4.78, 5) is 19.3. The summed E-state index contributed by atoms with van der Waals surface area (Å²) < 4.78 is 7.26. The van der Waals surface area contributed by atoms with Crippen LogP contribution >= 0.6 is 0 Å². The SMILES string of the molecule is CCNC(=NCC(NC(=O)OC(C)(C)C)C(C)C)N1CCC(c2cnn(C)c2)C1. The summed E-state index contributed by atoms with van der Waals surface area (Å²) in [6.45, 7) is 15.0. The summed E-state index contributed by atoms with van der Waals surface area (Å²) in [5, 5.41) is 10.7. The Morgan fingerprint density at radius 1 is 1.41 bits per heavy atom. The first-order chi connectivity index (χ1) is 13.6. The van der Waals surface area contributed by atoms with Crippen molar-refractivity contribution in [3.8, 4) is 0 Å². The highest BCUT2D eigenvalue weighted by molar-refractivity contribution is 5.80. The first-order valence-electron chi connectivity index (χ1n) is 10.6. The summed E-state index contributed by atoms with van der Waals surface area (Å²) in [6.07, 6.45) is 4.74. The van der Waals surface area contributed by atoms with Crippen LogP contribution in [0.5, 0.6) is 0 Å². The Balaban J connectivity index is 2.01. The van der Waals surface area contributed by atoms with E-state index in [1.807, 2.05) is 38.7 Å². The molecule has 2 N–H and O–H groups in total. The van der Waals surface area contributed by atoms with Gasteiger partial charge in [0.15, 0.2) is 5.96 Å². The fraction of sp³-hybridized carbons (Fsp3) is 0.762. The van der Waals surface area contributed by atoms with E-state index in [0.717, 1.165) is 32.0 Å². The van der Waals surface area contributed by atoms with Gasteiger partial charge in [-0.2, -0.15) is 5.10 Å². The van der Waals surface area contributed by atoms with Crippen molar-refractivity contribution in [2.24, 2.45) is 18.0 Å². The number of rotatable bonds is 6. The second-order valence-electron chi connectivity index (χ2n) is 9.07. The Bertz CT molecular complexity index is 692. The number of aryl methyl sites for hydroxylation is 1. The number of aromatic nitrogens is 2. The molecule has 29 heavy (non-hydrogen) atoms. The Morgan fingerprint density at radius 2 is 2.14 bits per heavy atom. The normalized spacial score (nSPS) is 18.8. The Morgan fingerprint density at radius 3 is 2.69 bits per heavy atom. The average molecular weight is 407 g/mol. The number of amides is 1. The van der Waals surface area contributed by atoms with E-state index in [9.17, 15) is 4.79 Å². The Hall–Kier alpha value is -2.25. The summed E-state index contributed by atoms with van der Waals surface area (Å²) in [7, 11) is 1.95. The molecule has 2 heterocycles. The van der Waals surface area contributed by atoms with Crippen molar-refractivity contribution in [1.29, 1.82) is 0 Å². The average Bonchev–Trinajstić information content (AvgIpc) is 3.24. The van der Waals surface area contributed by atoms with E-state index < -0.39 is 11.7 Å².